The normalized spacial score (nSPS) is 12.5. The van der Waals surface area contributed by atoms with Gasteiger partial charge in [0.25, 0.3) is 10.0 Å². The highest BCUT2D eigenvalue weighted by molar-refractivity contribution is 7.91. The molecule has 3 rings (SSSR count). The maximum absolute atomic E-state index is 13.3. The van der Waals surface area contributed by atoms with Crippen molar-refractivity contribution < 1.29 is 13.2 Å². The van der Waals surface area contributed by atoms with E-state index in [1.807, 2.05) is 50.5 Å². The van der Waals surface area contributed by atoms with Crippen LogP contribution in [0.3, 0.4) is 0 Å². The molecule has 0 atom stereocenters. The lowest BCUT2D eigenvalue weighted by molar-refractivity contribution is 0.0971. The van der Waals surface area contributed by atoms with E-state index >= 15 is 0 Å². The molecule has 0 amide bonds. The summed E-state index contributed by atoms with van der Waals surface area (Å²) in [6.45, 7) is 11.9. The fourth-order valence-electron chi connectivity index (χ4n) is 3.68. The lowest BCUT2D eigenvalue weighted by Gasteiger charge is -2.20. The van der Waals surface area contributed by atoms with Crippen LogP contribution in [-0.2, 0) is 29.4 Å². The number of rotatable bonds is 9. The van der Waals surface area contributed by atoms with Crippen molar-refractivity contribution >= 4 is 27.1 Å². The van der Waals surface area contributed by atoms with Crippen molar-refractivity contribution in [3.8, 4) is 11.1 Å². The molecular formula is C25H33N3O3S2. The third kappa shape index (κ3) is 6.40. The molecule has 33 heavy (non-hydrogen) atoms. The van der Waals surface area contributed by atoms with Gasteiger partial charge in [-0.25, -0.2) is 18.1 Å². The molecule has 8 heteroatoms. The summed E-state index contributed by atoms with van der Waals surface area (Å²) < 4.78 is 31.4. The van der Waals surface area contributed by atoms with E-state index in [1.165, 1.54) is 11.3 Å². The van der Waals surface area contributed by atoms with E-state index in [-0.39, 0.29) is 12.3 Å². The number of thiophene rings is 1. The summed E-state index contributed by atoms with van der Waals surface area (Å²) in [4.78, 5) is 18.3. The molecule has 0 aliphatic rings. The smallest absolute Gasteiger partial charge is 0.251 e. The molecule has 178 valence electrons. The summed E-state index contributed by atoms with van der Waals surface area (Å²) in [5.41, 5.74) is 1.31. The molecule has 0 saturated carbocycles. The van der Waals surface area contributed by atoms with Crippen LogP contribution < -0.4 is 4.72 Å². The van der Waals surface area contributed by atoms with Crippen LogP contribution in [0.2, 0.25) is 0 Å². The van der Waals surface area contributed by atoms with Crippen LogP contribution in [0.4, 0.5) is 0 Å². The number of nitrogens with one attached hydrogen (secondary N) is 1. The molecule has 2 heterocycles. The van der Waals surface area contributed by atoms with E-state index < -0.39 is 15.6 Å². The van der Waals surface area contributed by atoms with Crippen LogP contribution in [-0.4, -0.2) is 29.3 Å². The van der Waals surface area contributed by atoms with Crippen molar-refractivity contribution in [2.45, 2.75) is 70.7 Å². The second-order valence-corrected chi connectivity index (χ2v) is 12.7. The topological polar surface area (TPSA) is 81.1 Å². The molecule has 6 nitrogen and oxygen atoms in total. The van der Waals surface area contributed by atoms with Gasteiger partial charge in [0.15, 0.2) is 5.78 Å². The molecule has 0 aliphatic heterocycles. The lowest BCUT2D eigenvalue weighted by Crippen LogP contribution is -2.40. The fraction of sp³-hybridized carbons (Fsp3) is 0.440. The Balaban J connectivity index is 2.01. The second-order valence-electron chi connectivity index (χ2n) is 9.70. The Bertz CT molecular complexity index is 1230. The molecule has 0 fully saturated rings. The average molecular weight is 488 g/mol. The summed E-state index contributed by atoms with van der Waals surface area (Å²) in [5.74, 6) is 1.22. The van der Waals surface area contributed by atoms with Crippen LogP contribution >= 0.6 is 11.3 Å². The van der Waals surface area contributed by atoms with Gasteiger partial charge in [-0.1, -0.05) is 39.0 Å². The van der Waals surface area contributed by atoms with Gasteiger partial charge in [0, 0.05) is 40.4 Å². The maximum Gasteiger partial charge on any atom is 0.251 e. The van der Waals surface area contributed by atoms with E-state index in [0.717, 1.165) is 29.1 Å². The minimum atomic E-state index is -3.72. The van der Waals surface area contributed by atoms with Crippen molar-refractivity contribution in [1.29, 1.82) is 0 Å². The van der Waals surface area contributed by atoms with Crippen molar-refractivity contribution in [1.82, 2.24) is 14.3 Å². The predicted octanol–water partition coefficient (Wildman–Crippen LogP) is 5.33. The molecule has 0 aliphatic carbocycles. The Morgan fingerprint density at radius 3 is 2.58 bits per heavy atom. The van der Waals surface area contributed by atoms with Crippen LogP contribution in [0.1, 0.15) is 62.6 Å². The zero-order valence-corrected chi connectivity index (χ0v) is 21.8. The largest absolute Gasteiger partial charge is 0.327 e. The van der Waals surface area contributed by atoms with E-state index in [2.05, 4.69) is 23.6 Å². The van der Waals surface area contributed by atoms with Crippen LogP contribution in [0.15, 0.2) is 46.9 Å². The lowest BCUT2D eigenvalue weighted by atomic mass is 10.0. The molecule has 0 radical (unpaired) electrons. The number of nitrogens with zero attached hydrogens (tertiary/aromatic N) is 2. The monoisotopic (exact) mass is 487 g/mol. The molecule has 1 N–H and O–H groups in total. The first-order valence-electron chi connectivity index (χ1n) is 11.2. The quantitative estimate of drug-likeness (QED) is 0.414. The summed E-state index contributed by atoms with van der Waals surface area (Å²) in [6.07, 6.45) is 5.04. The van der Waals surface area contributed by atoms with Crippen molar-refractivity contribution in [3.05, 3.63) is 59.0 Å². The molecule has 0 unspecified atom stereocenters. The Labute approximate surface area is 201 Å². The van der Waals surface area contributed by atoms with Crippen LogP contribution in [0.5, 0.6) is 0 Å². The SMILES string of the molecule is CCc1nccn1CC(=O)c1cccc(-c2cc(CC(C)C)sc2S(=O)(=O)NC(C)(C)C)c1. The Kier molecular flexibility index (Phi) is 7.61. The Morgan fingerprint density at radius 1 is 1.21 bits per heavy atom. The number of sulfonamides is 1. The first-order chi connectivity index (χ1) is 15.4. The van der Waals surface area contributed by atoms with E-state index in [9.17, 15) is 13.2 Å². The highest BCUT2D eigenvalue weighted by Crippen LogP contribution is 2.37. The van der Waals surface area contributed by atoms with Crippen molar-refractivity contribution in [2.75, 3.05) is 0 Å². The number of aromatic nitrogens is 2. The minimum absolute atomic E-state index is 0.0422. The van der Waals surface area contributed by atoms with Gasteiger partial charge in [0.1, 0.15) is 10.0 Å². The highest BCUT2D eigenvalue weighted by Gasteiger charge is 2.28. The molecule has 0 bridgehead atoms. The summed E-state index contributed by atoms with van der Waals surface area (Å²) >= 11 is 1.31. The molecule has 3 aromatic rings. The predicted molar refractivity (Wildman–Crippen MR) is 134 cm³/mol. The number of hydrogen-bond acceptors (Lipinski definition) is 5. The number of benzene rings is 1. The molecule has 0 spiro atoms. The van der Waals surface area contributed by atoms with Crippen LogP contribution in [0.25, 0.3) is 11.1 Å². The first-order valence-corrected chi connectivity index (χ1v) is 13.5. The number of carbonyl (C=O) groups is 1. The number of carbonyl (C=O) groups excluding carboxylic acids is 1. The number of aryl methyl sites for hydroxylation is 1. The zero-order valence-electron chi connectivity index (χ0n) is 20.2. The van der Waals surface area contributed by atoms with Crippen LogP contribution in [0, 0.1) is 5.92 Å². The number of Topliss-reactive ketones (excluding diaryl/α,β-unsaturated/α-hetero) is 1. The van der Waals surface area contributed by atoms with Gasteiger partial charge in [-0.15, -0.1) is 11.3 Å². The molecule has 1 aromatic carbocycles. The highest BCUT2D eigenvalue weighted by atomic mass is 32.2. The Hall–Kier alpha value is -2.29. The number of ketones is 1. The summed E-state index contributed by atoms with van der Waals surface area (Å²) in [5, 5.41) is 0. The van der Waals surface area contributed by atoms with Gasteiger partial charge < -0.3 is 4.57 Å². The summed E-state index contributed by atoms with van der Waals surface area (Å²) in [7, 11) is -3.72. The van der Waals surface area contributed by atoms with Gasteiger partial charge in [0.05, 0.1) is 6.54 Å². The van der Waals surface area contributed by atoms with Gasteiger partial charge >= 0.3 is 0 Å². The van der Waals surface area contributed by atoms with E-state index in [1.54, 1.807) is 24.5 Å². The zero-order chi connectivity index (χ0) is 24.4. The van der Waals surface area contributed by atoms with E-state index in [4.69, 9.17) is 0 Å². The standard InChI is InChI=1S/C25H33N3O3S2/c1-7-23-26-11-12-28(23)16-22(29)19-10-8-9-18(14-19)21-15-20(13-17(2)3)32-24(21)33(30,31)27-25(4,5)6/h8-12,14-15,17,27H,7,13,16H2,1-6H3. The van der Waals surface area contributed by atoms with Gasteiger partial charge in [-0.05, 0) is 50.8 Å². The maximum atomic E-state index is 13.3. The van der Waals surface area contributed by atoms with Gasteiger partial charge in [-0.3, -0.25) is 4.79 Å². The third-order valence-electron chi connectivity index (χ3n) is 4.97. The van der Waals surface area contributed by atoms with Crippen molar-refractivity contribution in [2.24, 2.45) is 5.92 Å². The van der Waals surface area contributed by atoms with E-state index in [0.29, 0.717) is 21.3 Å². The Morgan fingerprint density at radius 2 is 1.94 bits per heavy atom. The molecular weight excluding hydrogens is 454 g/mol. The van der Waals surface area contributed by atoms with Gasteiger partial charge in [0.2, 0.25) is 0 Å². The first kappa shape index (κ1) is 25.3. The van der Waals surface area contributed by atoms with Crippen molar-refractivity contribution in [3.63, 3.8) is 0 Å². The molecule has 2 aromatic heterocycles. The fourth-order valence-corrected chi connectivity index (χ4v) is 7.05. The minimum Gasteiger partial charge on any atom is -0.327 e. The number of imidazole rings is 1. The number of hydrogen-bond donors (Lipinski definition) is 1. The van der Waals surface area contributed by atoms with Gasteiger partial charge in [-0.2, -0.15) is 0 Å². The second kappa shape index (κ2) is 9.91. The molecule has 0 saturated heterocycles. The third-order valence-corrected chi connectivity index (χ3v) is 8.42. The average Bonchev–Trinajstić information content (AvgIpc) is 3.33. The summed E-state index contributed by atoms with van der Waals surface area (Å²) in [6, 6.07) is 9.20.